The number of rotatable bonds is 5. The molecule has 3 unspecified atom stereocenters. The van der Waals surface area contributed by atoms with Crippen molar-refractivity contribution < 1.29 is 9.53 Å². The second-order valence-corrected chi connectivity index (χ2v) is 8.84. The molecule has 2 aliphatic rings. The normalized spacial score (nSPS) is 21.2. The van der Waals surface area contributed by atoms with E-state index in [1.165, 1.54) is 12.4 Å². The second-order valence-electron chi connectivity index (χ2n) is 8.84. The first-order valence-corrected chi connectivity index (χ1v) is 11.4. The minimum absolute atomic E-state index is 0.00251. The number of fused-ring (bicyclic) bond motifs is 2. The predicted molar refractivity (Wildman–Crippen MR) is 129 cm³/mol. The number of anilines is 1. The van der Waals surface area contributed by atoms with Crippen molar-refractivity contribution in [1.29, 1.82) is 0 Å². The van der Waals surface area contributed by atoms with Crippen LogP contribution in [0.15, 0.2) is 73.6 Å². The Balaban J connectivity index is 1.32. The third-order valence-corrected chi connectivity index (χ3v) is 6.89. The van der Waals surface area contributed by atoms with Crippen LogP contribution in [0.4, 0.5) is 5.82 Å². The summed E-state index contributed by atoms with van der Waals surface area (Å²) < 4.78 is 7.90. The van der Waals surface area contributed by atoms with Gasteiger partial charge in [0.15, 0.2) is 5.65 Å². The second kappa shape index (κ2) is 7.98. The Labute approximate surface area is 196 Å². The SMILES string of the molecule is C=CC(=O)N1CC2CC(n3nc(-c4ccc(Oc5ccccc5)cc4)c4c(N)ncnc43)CC21. The third-order valence-electron chi connectivity index (χ3n) is 6.89. The molecular weight excluding hydrogens is 428 g/mol. The fraction of sp³-hybridized carbons (Fsp3) is 0.231. The van der Waals surface area contributed by atoms with Crippen LogP contribution >= 0.6 is 0 Å². The van der Waals surface area contributed by atoms with Crippen LogP contribution in [0.2, 0.25) is 0 Å². The number of hydrogen-bond donors (Lipinski definition) is 1. The number of hydrogen-bond acceptors (Lipinski definition) is 6. The first-order chi connectivity index (χ1) is 16.6. The first kappa shape index (κ1) is 20.4. The van der Waals surface area contributed by atoms with E-state index in [-0.39, 0.29) is 18.0 Å². The van der Waals surface area contributed by atoms with Crippen LogP contribution < -0.4 is 10.5 Å². The molecule has 1 saturated carbocycles. The molecule has 34 heavy (non-hydrogen) atoms. The highest BCUT2D eigenvalue weighted by molar-refractivity contribution is 5.98. The van der Waals surface area contributed by atoms with Crippen molar-refractivity contribution in [1.82, 2.24) is 24.6 Å². The van der Waals surface area contributed by atoms with E-state index in [0.29, 0.717) is 11.7 Å². The monoisotopic (exact) mass is 452 g/mol. The fourth-order valence-electron chi connectivity index (χ4n) is 5.23. The van der Waals surface area contributed by atoms with Gasteiger partial charge in [0.05, 0.1) is 11.4 Å². The number of amides is 1. The van der Waals surface area contributed by atoms with Crippen LogP contribution in [0, 0.1) is 5.92 Å². The maximum Gasteiger partial charge on any atom is 0.246 e. The molecule has 3 atom stereocenters. The number of aromatic nitrogens is 4. The number of nitrogen functional groups attached to an aromatic ring is 1. The molecule has 1 aliphatic carbocycles. The molecule has 1 amide bonds. The van der Waals surface area contributed by atoms with Crippen LogP contribution in [-0.4, -0.2) is 43.1 Å². The summed E-state index contributed by atoms with van der Waals surface area (Å²) in [6.45, 7) is 4.40. The van der Waals surface area contributed by atoms with E-state index in [4.69, 9.17) is 15.6 Å². The largest absolute Gasteiger partial charge is 0.457 e. The van der Waals surface area contributed by atoms with Gasteiger partial charge >= 0.3 is 0 Å². The Morgan fingerprint density at radius 1 is 1.06 bits per heavy atom. The van der Waals surface area contributed by atoms with Gasteiger partial charge < -0.3 is 15.4 Å². The van der Waals surface area contributed by atoms with E-state index >= 15 is 0 Å². The van der Waals surface area contributed by atoms with Crippen molar-refractivity contribution in [3.63, 3.8) is 0 Å². The number of likely N-dealkylation sites (tertiary alicyclic amines) is 1. The summed E-state index contributed by atoms with van der Waals surface area (Å²) >= 11 is 0. The highest BCUT2D eigenvalue weighted by atomic mass is 16.5. The zero-order valence-electron chi connectivity index (χ0n) is 18.5. The van der Waals surface area contributed by atoms with E-state index in [9.17, 15) is 4.79 Å². The number of para-hydroxylation sites is 1. The van der Waals surface area contributed by atoms with E-state index in [0.717, 1.165) is 53.2 Å². The van der Waals surface area contributed by atoms with Crippen molar-refractivity contribution in [2.75, 3.05) is 12.3 Å². The minimum Gasteiger partial charge on any atom is -0.457 e. The Morgan fingerprint density at radius 3 is 2.59 bits per heavy atom. The van der Waals surface area contributed by atoms with Gasteiger partial charge in [0, 0.05) is 18.2 Å². The molecule has 6 rings (SSSR count). The summed E-state index contributed by atoms with van der Waals surface area (Å²) in [6, 6.07) is 17.8. The standard InChI is InChI=1S/C26H24N6O2/c1-2-22(33)31-14-17-12-18(13-21(17)31)32-26-23(25(27)28-15-29-26)24(30-32)16-8-10-20(11-9-16)34-19-6-4-3-5-7-19/h2-11,15,17-18,21H,1,12-14H2,(H2,27,28,29). The molecule has 8 heteroatoms. The fourth-order valence-corrected chi connectivity index (χ4v) is 5.23. The molecule has 3 heterocycles. The Hall–Kier alpha value is -4.20. The van der Waals surface area contributed by atoms with Crippen molar-refractivity contribution in [2.24, 2.45) is 5.92 Å². The summed E-state index contributed by atoms with van der Waals surface area (Å²) in [5.74, 6) is 2.40. The van der Waals surface area contributed by atoms with Gasteiger partial charge in [-0.3, -0.25) is 4.79 Å². The summed E-state index contributed by atoms with van der Waals surface area (Å²) in [5.41, 5.74) is 8.67. The molecule has 2 fully saturated rings. The number of carbonyl (C=O) groups excluding carboxylic acids is 1. The van der Waals surface area contributed by atoms with Gasteiger partial charge in [-0.15, -0.1) is 0 Å². The molecule has 0 radical (unpaired) electrons. The average Bonchev–Trinajstić information content (AvgIpc) is 3.39. The lowest BCUT2D eigenvalue weighted by Gasteiger charge is -2.43. The quantitative estimate of drug-likeness (QED) is 0.455. The molecule has 4 aromatic rings. The molecule has 8 nitrogen and oxygen atoms in total. The van der Waals surface area contributed by atoms with E-state index in [1.807, 2.05) is 64.2 Å². The lowest BCUT2D eigenvalue weighted by molar-refractivity contribution is -0.136. The summed E-state index contributed by atoms with van der Waals surface area (Å²) in [4.78, 5) is 22.8. The molecule has 1 saturated heterocycles. The predicted octanol–water partition coefficient (Wildman–Crippen LogP) is 4.22. The molecule has 0 bridgehead atoms. The van der Waals surface area contributed by atoms with Crippen LogP contribution in [-0.2, 0) is 4.79 Å². The summed E-state index contributed by atoms with van der Waals surface area (Å²) in [7, 11) is 0. The molecule has 170 valence electrons. The lowest BCUT2D eigenvalue weighted by Crippen LogP contribution is -2.55. The van der Waals surface area contributed by atoms with E-state index in [1.54, 1.807) is 0 Å². The highest BCUT2D eigenvalue weighted by Gasteiger charge is 2.48. The van der Waals surface area contributed by atoms with Gasteiger partial charge in [0.1, 0.15) is 29.3 Å². The van der Waals surface area contributed by atoms with Gasteiger partial charge in [0.2, 0.25) is 5.91 Å². The van der Waals surface area contributed by atoms with Crippen molar-refractivity contribution in [3.8, 4) is 22.8 Å². The highest BCUT2D eigenvalue weighted by Crippen LogP contribution is 2.46. The molecule has 1 aliphatic heterocycles. The number of carbonyl (C=O) groups is 1. The van der Waals surface area contributed by atoms with Crippen LogP contribution in [0.3, 0.4) is 0 Å². The van der Waals surface area contributed by atoms with Crippen molar-refractivity contribution in [2.45, 2.75) is 24.9 Å². The smallest absolute Gasteiger partial charge is 0.246 e. The lowest BCUT2D eigenvalue weighted by atomic mass is 9.92. The summed E-state index contributed by atoms with van der Waals surface area (Å²) in [6.07, 6.45) is 4.67. The maximum absolute atomic E-state index is 12.1. The average molecular weight is 453 g/mol. The van der Waals surface area contributed by atoms with Gasteiger partial charge in [-0.2, -0.15) is 5.10 Å². The van der Waals surface area contributed by atoms with Crippen LogP contribution in [0.25, 0.3) is 22.3 Å². The summed E-state index contributed by atoms with van der Waals surface area (Å²) in [5, 5.41) is 5.72. The molecule has 2 aromatic carbocycles. The van der Waals surface area contributed by atoms with E-state index in [2.05, 4.69) is 16.5 Å². The number of benzene rings is 2. The molecule has 2 N–H and O–H groups in total. The van der Waals surface area contributed by atoms with Crippen LogP contribution in [0.1, 0.15) is 18.9 Å². The maximum atomic E-state index is 12.1. The van der Waals surface area contributed by atoms with Gasteiger partial charge in [0.25, 0.3) is 0 Å². The third kappa shape index (κ3) is 3.30. The number of nitrogens with zero attached hydrogens (tertiary/aromatic N) is 5. The Kier molecular flexibility index (Phi) is 4.79. The Morgan fingerprint density at radius 2 is 1.82 bits per heavy atom. The minimum atomic E-state index is -0.00251. The number of ether oxygens (including phenoxy) is 1. The molecule has 0 spiro atoms. The topological polar surface area (TPSA) is 99.2 Å². The Bertz CT molecular complexity index is 1380. The zero-order valence-corrected chi connectivity index (χ0v) is 18.5. The zero-order chi connectivity index (χ0) is 23.2. The van der Waals surface area contributed by atoms with Crippen LogP contribution in [0.5, 0.6) is 11.5 Å². The van der Waals surface area contributed by atoms with Gasteiger partial charge in [-0.25, -0.2) is 14.6 Å². The molecular formula is C26H24N6O2. The van der Waals surface area contributed by atoms with E-state index < -0.39 is 0 Å². The van der Waals surface area contributed by atoms with Crippen molar-refractivity contribution in [3.05, 3.63) is 73.6 Å². The first-order valence-electron chi connectivity index (χ1n) is 11.4. The van der Waals surface area contributed by atoms with Gasteiger partial charge in [-0.1, -0.05) is 24.8 Å². The molecule has 2 aromatic heterocycles. The van der Waals surface area contributed by atoms with Crippen molar-refractivity contribution >= 4 is 22.8 Å². The number of nitrogens with two attached hydrogens (primary N) is 1. The van der Waals surface area contributed by atoms with Gasteiger partial charge in [-0.05, 0) is 61.2 Å².